The van der Waals surface area contributed by atoms with Crippen LogP contribution in [0.3, 0.4) is 0 Å². The van der Waals surface area contributed by atoms with Crippen LogP contribution in [-0.4, -0.2) is 53.1 Å². The van der Waals surface area contributed by atoms with Gasteiger partial charge in [0.15, 0.2) is 11.6 Å². The third-order valence-electron chi connectivity index (χ3n) is 3.00. The average molecular weight is 263 g/mol. The van der Waals surface area contributed by atoms with E-state index >= 15 is 0 Å². The minimum Gasteiger partial charge on any atom is -0.352 e. The first-order chi connectivity index (χ1) is 9.06. The first-order valence-corrected chi connectivity index (χ1v) is 6.18. The molecule has 2 rings (SSSR count). The van der Waals surface area contributed by atoms with Crippen molar-refractivity contribution in [2.75, 3.05) is 36.4 Å². The van der Waals surface area contributed by atoms with Gasteiger partial charge in [0.2, 0.25) is 11.8 Å². The lowest BCUT2D eigenvalue weighted by Crippen LogP contribution is -2.48. The summed E-state index contributed by atoms with van der Waals surface area (Å²) in [6, 6.07) is 3.54. The molecule has 0 aliphatic carbocycles. The van der Waals surface area contributed by atoms with Crippen molar-refractivity contribution in [3.63, 3.8) is 0 Å². The summed E-state index contributed by atoms with van der Waals surface area (Å²) in [6.45, 7) is 5.89. The molecule has 1 aromatic rings. The topological polar surface area (TPSA) is 78.4 Å². The molecule has 7 nitrogen and oxygen atoms in total. The number of carbonyl (C=O) groups is 2. The quantitative estimate of drug-likeness (QED) is 0.819. The van der Waals surface area contributed by atoms with Crippen LogP contribution in [0.15, 0.2) is 12.1 Å². The minimum atomic E-state index is -0.169. The van der Waals surface area contributed by atoms with Crippen molar-refractivity contribution in [1.82, 2.24) is 15.1 Å². The largest absolute Gasteiger partial charge is 0.352 e. The maximum atomic E-state index is 11.2. The monoisotopic (exact) mass is 263 g/mol. The summed E-state index contributed by atoms with van der Waals surface area (Å²) >= 11 is 0. The Hall–Kier alpha value is -2.18. The number of nitrogens with zero attached hydrogens (tertiary/aromatic N) is 4. The summed E-state index contributed by atoms with van der Waals surface area (Å²) in [4.78, 5) is 26.0. The van der Waals surface area contributed by atoms with Gasteiger partial charge in [-0.25, -0.2) is 0 Å². The summed E-state index contributed by atoms with van der Waals surface area (Å²) < 4.78 is 0. The second-order valence-electron chi connectivity index (χ2n) is 4.45. The van der Waals surface area contributed by atoms with Gasteiger partial charge in [0, 0.05) is 40.0 Å². The molecule has 0 saturated carbocycles. The van der Waals surface area contributed by atoms with Crippen LogP contribution < -0.4 is 10.2 Å². The number of hydrogen-bond acceptors (Lipinski definition) is 5. The zero-order chi connectivity index (χ0) is 13.8. The fourth-order valence-electron chi connectivity index (χ4n) is 1.99. The lowest BCUT2D eigenvalue weighted by Gasteiger charge is -2.34. The van der Waals surface area contributed by atoms with Gasteiger partial charge in [0.25, 0.3) is 0 Å². The number of piperazine rings is 1. The summed E-state index contributed by atoms with van der Waals surface area (Å²) in [5, 5.41) is 10.6. The smallest absolute Gasteiger partial charge is 0.222 e. The van der Waals surface area contributed by atoms with Gasteiger partial charge in [-0.3, -0.25) is 9.59 Å². The van der Waals surface area contributed by atoms with Crippen LogP contribution in [0, 0.1) is 0 Å². The van der Waals surface area contributed by atoms with E-state index in [9.17, 15) is 9.59 Å². The molecule has 0 atom stereocenters. The summed E-state index contributed by atoms with van der Waals surface area (Å²) in [5.41, 5.74) is 0. The van der Waals surface area contributed by atoms with Crippen LogP contribution in [0.5, 0.6) is 0 Å². The minimum absolute atomic E-state index is 0.103. The Kier molecular flexibility index (Phi) is 3.94. The fraction of sp³-hybridized carbons (Fsp3) is 0.500. The molecule has 1 aromatic heterocycles. The van der Waals surface area contributed by atoms with Crippen LogP contribution >= 0.6 is 0 Å². The van der Waals surface area contributed by atoms with Crippen molar-refractivity contribution >= 4 is 23.5 Å². The molecule has 1 aliphatic rings. The highest BCUT2D eigenvalue weighted by Gasteiger charge is 2.19. The Labute approximate surface area is 111 Å². The van der Waals surface area contributed by atoms with E-state index in [4.69, 9.17) is 0 Å². The average Bonchev–Trinajstić information content (AvgIpc) is 2.39. The third-order valence-corrected chi connectivity index (χ3v) is 3.00. The Morgan fingerprint density at radius 1 is 1.11 bits per heavy atom. The molecule has 0 spiro atoms. The standard InChI is InChI=1S/C12H17N5O2/c1-9(18)13-11-3-4-12(15-14-11)17-7-5-16(6-8-17)10(2)19/h3-4H,5-8H2,1-2H3,(H,13,14,18). The molecule has 1 saturated heterocycles. The Bertz CT molecular complexity index is 466. The molecule has 1 N–H and O–H groups in total. The Morgan fingerprint density at radius 3 is 2.26 bits per heavy atom. The molecule has 102 valence electrons. The summed E-state index contributed by atoms with van der Waals surface area (Å²) in [5.74, 6) is 1.14. The summed E-state index contributed by atoms with van der Waals surface area (Å²) in [7, 11) is 0. The van der Waals surface area contributed by atoms with Crippen molar-refractivity contribution < 1.29 is 9.59 Å². The van der Waals surface area contributed by atoms with Gasteiger partial charge in [-0.05, 0) is 12.1 Å². The van der Waals surface area contributed by atoms with E-state index in [1.54, 1.807) is 13.0 Å². The fourth-order valence-corrected chi connectivity index (χ4v) is 1.99. The molecule has 19 heavy (non-hydrogen) atoms. The maximum Gasteiger partial charge on any atom is 0.222 e. The second-order valence-corrected chi connectivity index (χ2v) is 4.45. The van der Waals surface area contributed by atoms with Crippen LogP contribution in [0.4, 0.5) is 11.6 Å². The molecule has 1 fully saturated rings. The molecular weight excluding hydrogens is 246 g/mol. The number of nitrogens with one attached hydrogen (secondary N) is 1. The van der Waals surface area contributed by atoms with E-state index in [0.717, 1.165) is 18.9 Å². The maximum absolute atomic E-state index is 11.2. The highest BCUT2D eigenvalue weighted by molar-refractivity contribution is 5.87. The van der Waals surface area contributed by atoms with Gasteiger partial charge in [0.05, 0.1) is 0 Å². The van der Waals surface area contributed by atoms with Crippen LogP contribution in [-0.2, 0) is 9.59 Å². The highest BCUT2D eigenvalue weighted by Crippen LogP contribution is 2.14. The van der Waals surface area contributed by atoms with Gasteiger partial charge in [0.1, 0.15) is 0 Å². The zero-order valence-corrected chi connectivity index (χ0v) is 11.1. The van der Waals surface area contributed by atoms with Gasteiger partial charge >= 0.3 is 0 Å². The van der Waals surface area contributed by atoms with E-state index in [0.29, 0.717) is 18.9 Å². The Morgan fingerprint density at radius 2 is 1.79 bits per heavy atom. The summed E-state index contributed by atoms with van der Waals surface area (Å²) in [6.07, 6.45) is 0. The highest BCUT2D eigenvalue weighted by atomic mass is 16.2. The predicted octanol–water partition coefficient (Wildman–Crippen LogP) is 0.103. The van der Waals surface area contributed by atoms with Crippen molar-refractivity contribution in [3.8, 4) is 0 Å². The molecule has 7 heteroatoms. The Balaban J connectivity index is 1.96. The number of amides is 2. The predicted molar refractivity (Wildman–Crippen MR) is 70.8 cm³/mol. The number of aromatic nitrogens is 2. The van der Waals surface area contributed by atoms with E-state index in [1.807, 2.05) is 11.0 Å². The normalized spacial score (nSPS) is 15.3. The first kappa shape index (κ1) is 13.3. The van der Waals surface area contributed by atoms with E-state index in [-0.39, 0.29) is 11.8 Å². The van der Waals surface area contributed by atoms with E-state index in [1.165, 1.54) is 6.92 Å². The second kappa shape index (κ2) is 5.64. The van der Waals surface area contributed by atoms with Crippen molar-refractivity contribution in [2.45, 2.75) is 13.8 Å². The van der Waals surface area contributed by atoms with Crippen molar-refractivity contribution in [3.05, 3.63) is 12.1 Å². The van der Waals surface area contributed by atoms with Crippen molar-refractivity contribution in [2.24, 2.45) is 0 Å². The molecule has 0 unspecified atom stereocenters. The van der Waals surface area contributed by atoms with Gasteiger partial charge in [-0.1, -0.05) is 0 Å². The van der Waals surface area contributed by atoms with Crippen LogP contribution in [0.2, 0.25) is 0 Å². The SMILES string of the molecule is CC(=O)Nc1ccc(N2CCN(C(C)=O)CC2)nn1. The number of hydrogen-bond donors (Lipinski definition) is 1. The first-order valence-electron chi connectivity index (χ1n) is 6.18. The number of rotatable bonds is 2. The third kappa shape index (κ3) is 3.40. The number of carbonyl (C=O) groups excluding carboxylic acids is 2. The molecule has 0 radical (unpaired) electrons. The van der Waals surface area contributed by atoms with E-state index in [2.05, 4.69) is 20.4 Å². The van der Waals surface area contributed by atoms with Crippen LogP contribution in [0.25, 0.3) is 0 Å². The number of anilines is 2. The lowest BCUT2D eigenvalue weighted by atomic mass is 10.3. The van der Waals surface area contributed by atoms with Gasteiger partial charge < -0.3 is 15.1 Å². The van der Waals surface area contributed by atoms with Gasteiger partial charge in [-0.15, -0.1) is 10.2 Å². The van der Waals surface area contributed by atoms with E-state index < -0.39 is 0 Å². The molecule has 0 bridgehead atoms. The molecule has 2 amide bonds. The van der Waals surface area contributed by atoms with Gasteiger partial charge in [-0.2, -0.15) is 0 Å². The molecule has 1 aliphatic heterocycles. The molecule has 0 aromatic carbocycles. The van der Waals surface area contributed by atoms with Crippen LogP contribution in [0.1, 0.15) is 13.8 Å². The lowest BCUT2D eigenvalue weighted by molar-refractivity contribution is -0.129. The zero-order valence-electron chi connectivity index (χ0n) is 11.1. The molecular formula is C12H17N5O2. The van der Waals surface area contributed by atoms with Crippen molar-refractivity contribution in [1.29, 1.82) is 0 Å². The molecule has 2 heterocycles.